The van der Waals surface area contributed by atoms with E-state index in [0.29, 0.717) is 0 Å². The third kappa shape index (κ3) is 2.60. The lowest BCUT2D eigenvalue weighted by Crippen LogP contribution is -2.33. The molecule has 3 N–H and O–H groups in total. The topological polar surface area (TPSA) is 60.7 Å². The van der Waals surface area contributed by atoms with Gasteiger partial charge >= 0.3 is 0 Å². The third-order valence-electron chi connectivity index (χ3n) is 1.09. The molecule has 0 fully saturated rings. The Morgan fingerprint density at radius 1 is 1.33 bits per heavy atom. The number of rotatable bonds is 3. The van der Waals surface area contributed by atoms with Gasteiger partial charge in [0.2, 0.25) is 0 Å². The molecule has 0 aliphatic rings. The molecule has 3 unspecified atom stereocenters. The summed E-state index contributed by atoms with van der Waals surface area (Å²) < 4.78 is 0. The van der Waals surface area contributed by atoms with Crippen LogP contribution in [0, 0.1) is 0 Å². The van der Waals surface area contributed by atoms with Crippen LogP contribution < -0.4 is 0 Å². The maximum Gasteiger partial charge on any atom is 0.109 e. The van der Waals surface area contributed by atoms with E-state index < -0.39 is 18.3 Å². The zero-order valence-corrected chi connectivity index (χ0v) is 5.36. The molecular formula is C6H12O3. The maximum atomic E-state index is 8.82. The standard InChI is InChI=1S/C6H12O3/c1-3-5(8)6(9)4(2)7/h3-9H,1H2,2H3. The lowest BCUT2D eigenvalue weighted by Gasteiger charge is -2.16. The van der Waals surface area contributed by atoms with Crippen LogP contribution >= 0.6 is 0 Å². The number of aliphatic hydroxyl groups is 3. The Bertz CT molecular complexity index is 90.3. The van der Waals surface area contributed by atoms with Crippen molar-refractivity contribution in [2.24, 2.45) is 0 Å². The van der Waals surface area contributed by atoms with E-state index in [-0.39, 0.29) is 0 Å². The molecule has 3 nitrogen and oxygen atoms in total. The molecule has 9 heavy (non-hydrogen) atoms. The highest BCUT2D eigenvalue weighted by Gasteiger charge is 2.17. The normalized spacial score (nSPS) is 20.4. The quantitative estimate of drug-likeness (QED) is 0.444. The highest BCUT2D eigenvalue weighted by molar-refractivity contribution is 4.86. The summed E-state index contributed by atoms with van der Waals surface area (Å²) in [7, 11) is 0. The fraction of sp³-hybridized carbons (Fsp3) is 0.667. The largest absolute Gasteiger partial charge is 0.391 e. The first-order valence-corrected chi connectivity index (χ1v) is 2.76. The van der Waals surface area contributed by atoms with Gasteiger partial charge in [0, 0.05) is 0 Å². The molecule has 0 saturated heterocycles. The minimum absolute atomic E-state index is 0.919. The molecule has 0 saturated carbocycles. The smallest absolute Gasteiger partial charge is 0.109 e. The number of aliphatic hydroxyl groups excluding tert-OH is 3. The van der Waals surface area contributed by atoms with E-state index in [1.165, 1.54) is 13.0 Å². The molecule has 0 bridgehead atoms. The molecular weight excluding hydrogens is 120 g/mol. The summed E-state index contributed by atoms with van der Waals surface area (Å²) in [6.45, 7) is 4.64. The van der Waals surface area contributed by atoms with Crippen LogP contribution in [0.25, 0.3) is 0 Å². The monoisotopic (exact) mass is 132 g/mol. The van der Waals surface area contributed by atoms with Crippen molar-refractivity contribution in [2.45, 2.75) is 25.2 Å². The van der Waals surface area contributed by atoms with Gasteiger partial charge in [-0.3, -0.25) is 0 Å². The van der Waals surface area contributed by atoms with Crippen molar-refractivity contribution in [3.8, 4) is 0 Å². The zero-order chi connectivity index (χ0) is 7.44. The first-order chi connectivity index (χ1) is 4.09. The van der Waals surface area contributed by atoms with E-state index in [1.807, 2.05) is 0 Å². The van der Waals surface area contributed by atoms with Crippen LogP contribution in [0.1, 0.15) is 6.92 Å². The molecule has 3 atom stereocenters. The molecule has 0 rings (SSSR count). The van der Waals surface area contributed by atoms with Gasteiger partial charge < -0.3 is 15.3 Å². The summed E-state index contributed by atoms with van der Waals surface area (Å²) in [5, 5.41) is 26.3. The van der Waals surface area contributed by atoms with Gasteiger partial charge in [0.15, 0.2) is 0 Å². The van der Waals surface area contributed by atoms with Gasteiger partial charge in [0.25, 0.3) is 0 Å². The van der Waals surface area contributed by atoms with Crippen LogP contribution in [0.2, 0.25) is 0 Å². The second kappa shape index (κ2) is 3.61. The Morgan fingerprint density at radius 2 is 1.78 bits per heavy atom. The van der Waals surface area contributed by atoms with Gasteiger partial charge in [-0.05, 0) is 6.92 Å². The Kier molecular flexibility index (Phi) is 3.46. The van der Waals surface area contributed by atoms with Crippen molar-refractivity contribution in [1.82, 2.24) is 0 Å². The summed E-state index contributed by atoms with van der Waals surface area (Å²) in [4.78, 5) is 0. The Morgan fingerprint density at radius 3 is 1.89 bits per heavy atom. The maximum absolute atomic E-state index is 8.82. The van der Waals surface area contributed by atoms with Gasteiger partial charge in [-0.15, -0.1) is 6.58 Å². The third-order valence-corrected chi connectivity index (χ3v) is 1.09. The van der Waals surface area contributed by atoms with Crippen LogP contribution in [0.5, 0.6) is 0 Å². The molecule has 0 spiro atoms. The predicted octanol–water partition coefficient (Wildman–Crippen LogP) is -0.725. The molecule has 54 valence electrons. The van der Waals surface area contributed by atoms with Crippen LogP contribution in [-0.2, 0) is 0 Å². The van der Waals surface area contributed by atoms with Crippen LogP contribution in [0.15, 0.2) is 12.7 Å². The number of hydrogen-bond acceptors (Lipinski definition) is 3. The van der Waals surface area contributed by atoms with Gasteiger partial charge in [0.05, 0.1) is 6.10 Å². The molecule has 0 amide bonds. The van der Waals surface area contributed by atoms with Gasteiger partial charge in [-0.2, -0.15) is 0 Å². The average Bonchev–Trinajstić information content (AvgIpc) is 1.84. The van der Waals surface area contributed by atoms with Crippen molar-refractivity contribution in [1.29, 1.82) is 0 Å². The Balaban J connectivity index is 3.71. The first kappa shape index (κ1) is 8.62. The van der Waals surface area contributed by atoms with Crippen molar-refractivity contribution in [3.05, 3.63) is 12.7 Å². The summed E-state index contributed by atoms with van der Waals surface area (Å²) in [5.41, 5.74) is 0. The lowest BCUT2D eigenvalue weighted by molar-refractivity contribution is -0.0326. The van der Waals surface area contributed by atoms with Crippen molar-refractivity contribution in [2.75, 3.05) is 0 Å². The first-order valence-electron chi connectivity index (χ1n) is 2.76. The van der Waals surface area contributed by atoms with Gasteiger partial charge in [-0.25, -0.2) is 0 Å². The second-order valence-corrected chi connectivity index (χ2v) is 1.96. The van der Waals surface area contributed by atoms with E-state index in [4.69, 9.17) is 15.3 Å². The lowest BCUT2D eigenvalue weighted by atomic mass is 10.1. The predicted molar refractivity (Wildman–Crippen MR) is 33.9 cm³/mol. The van der Waals surface area contributed by atoms with Crippen molar-refractivity contribution >= 4 is 0 Å². The molecule has 0 heterocycles. The summed E-state index contributed by atoms with van der Waals surface area (Å²) in [6.07, 6.45) is -1.90. The Labute approximate surface area is 54.3 Å². The fourth-order valence-corrected chi connectivity index (χ4v) is 0.425. The molecule has 0 aliphatic heterocycles. The molecule has 0 aromatic heterocycles. The SMILES string of the molecule is C=CC(O)C(O)C(C)O. The fourth-order valence-electron chi connectivity index (χ4n) is 0.425. The second-order valence-electron chi connectivity index (χ2n) is 1.96. The summed E-state index contributed by atoms with van der Waals surface area (Å²) >= 11 is 0. The summed E-state index contributed by atoms with van der Waals surface area (Å²) in [6, 6.07) is 0. The van der Waals surface area contributed by atoms with Gasteiger partial charge in [0.1, 0.15) is 12.2 Å². The minimum atomic E-state index is -1.12. The van der Waals surface area contributed by atoms with Gasteiger partial charge in [-0.1, -0.05) is 6.08 Å². The van der Waals surface area contributed by atoms with Crippen LogP contribution in [-0.4, -0.2) is 33.6 Å². The molecule has 0 aromatic carbocycles. The van der Waals surface area contributed by atoms with Crippen LogP contribution in [0.3, 0.4) is 0 Å². The van der Waals surface area contributed by atoms with Crippen LogP contribution in [0.4, 0.5) is 0 Å². The summed E-state index contributed by atoms with van der Waals surface area (Å²) in [5.74, 6) is 0. The molecule has 3 heteroatoms. The zero-order valence-electron chi connectivity index (χ0n) is 5.36. The molecule has 0 radical (unpaired) electrons. The molecule has 0 aromatic rings. The minimum Gasteiger partial charge on any atom is -0.391 e. The highest BCUT2D eigenvalue weighted by Crippen LogP contribution is 1.98. The van der Waals surface area contributed by atoms with E-state index in [1.54, 1.807) is 0 Å². The average molecular weight is 132 g/mol. The van der Waals surface area contributed by atoms with Crippen molar-refractivity contribution in [3.63, 3.8) is 0 Å². The highest BCUT2D eigenvalue weighted by atomic mass is 16.4. The molecule has 0 aliphatic carbocycles. The van der Waals surface area contributed by atoms with E-state index >= 15 is 0 Å². The van der Waals surface area contributed by atoms with E-state index in [2.05, 4.69) is 6.58 Å². The Hall–Kier alpha value is -0.380. The van der Waals surface area contributed by atoms with E-state index in [9.17, 15) is 0 Å². The number of hydrogen-bond donors (Lipinski definition) is 3. The van der Waals surface area contributed by atoms with Crippen molar-refractivity contribution < 1.29 is 15.3 Å². The van der Waals surface area contributed by atoms with E-state index in [0.717, 1.165) is 0 Å².